The van der Waals surface area contributed by atoms with E-state index >= 15 is 0 Å². The first-order valence-corrected chi connectivity index (χ1v) is 13.2. The summed E-state index contributed by atoms with van der Waals surface area (Å²) in [5, 5.41) is 17.9. The monoisotopic (exact) mass is 561 g/mol. The second-order valence-corrected chi connectivity index (χ2v) is 7.50. The predicted octanol–water partition coefficient (Wildman–Crippen LogP) is -0.996. The highest BCUT2D eigenvalue weighted by Gasteiger charge is 2.01. The van der Waals surface area contributed by atoms with E-state index < -0.39 is 6.23 Å². The van der Waals surface area contributed by atoms with Gasteiger partial charge >= 0.3 is 0 Å². The van der Waals surface area contributed by atoms with Crippen molar-refractivity contribution in [1.82, 2.24) is 5.48 Å². The summed E-state index contributed by atoms with van der Waals surface area (Å²) in [6.45, 7) is 9.72. The third-order valence-corrected chi connectivity index (χ3v) is 4.36. The van der Waals surface area contributed by atoms with Crippen molar-refractivity contribution < 1.29 is 62.4 Å². The Morgan fingerprint density at radius 2 is 0.711 bits per heavy atom. The summed E-state index contributed by atoms with van der Waals surface area (Å²) in [6, 6.07) is 0. The highest BCUT2D eigenvalue weighted by atomic mass is 16.7. The van der Waals surface area contributed by atoms with Crippen molar-refractivity contribution in [2.75, 3.05) is 146 Å². The molecule has 0 aliphatic carbocycles. The molecule has 0 aromatic carbocycles. The van der Waals surface area contributed by atoms with Gasteiger partial charge in [-0.2, -0.15) is 5.48 Å². The minimum Gasteiger partial charge on any atom is -0.396 e. The smallest absolute Gasteiger partial charge is 0.129 e. The van der Waals surface area contributed by atoms with Gasteiger partial charge in [0.15, 0.2) is 0 Å². The Bertz CT molecular complexity index is 427. The number of rotatable bonds is 34. The first-order chi connectivity index (χ1) is 18.8. The SMILES string of the molecule is COCCOCCOCCOCCOCCOCCOCCOCCOCCOCCONC(O)CCO. The molecule has 0 radical (unpaired) electrons. The molecule has 230 valence electrons. The van der Waals surface area contributed by atoms with Gasteiger partial charge in [-0.25, -0.2) is 0 Å². The second kappa shape index (κ2) is 34.5. The molecule has 14 nitrogen and oxygen atoms in total. The lowest BCUT2D eigenvalue weighted by Gasteiger charge is -2.11. The maximum absolute atomic E-state index is 9.26. The molecule has 0 fully saturated rings. The molecule has 14 heteroatoms. The molecule has 0 aliphatic heterocycles. The molecule has 3 N–H and O–H groups in total. The van der Waals surface area contributed by atoms with E-state index in [2.05, 4.69) is 5.48 Å². The summed E-state index contributed by atoms with van der Waals surface area (Å²) in [7, 11) is 1.64. The number of hydrogen-bond donors (Lipinski definition) is 3. The zero-order valence-electron chi connectivity index (χ0n) is 23.0. The molecule has 0 saturated heterocycles. The predicted molar refractivity (Wildman–Crippen MR) is 136 cm³/mol. The standard InChI is InChI=1S/C24H51NO13/c1-28-4-5-29-6-7-30-8-9-31-10-11-32-12-13-33-14-15-34-16-17-35-18-19-36-20-21-37-22-23-38-25-24(27)2-3-26/h24-27H,2-23H2,1H3. The number of hydrogen-bond acceptors (Lipinski definition) is 14. The van der Waals surface area contributed by atoms with Gasteiger partial charge in [0, 0.05) is 20.1 Å². The fraction of sp³-hybridized carbons (Fsp3) is 1.00. The lowest BCUT2D eigenvalue weighted by Crippen LogP contribution is -2.31. The van der Waals surface area contributed by atoms with E-state index in [1.54, 1.807) is 7.11 Å². The molecule has 0 heterocycles. The van der Waals surface area contributed by atoms with Crippen LogP contribution in [0.15, 0.2) is 0 Å². The largest absolute Gasteiger partial charge is 0.396 e. The van der Waals surface area contributed by atoms with Gasteiger partial charge in [0.2, 0.25) is 0 Å². The van der Waals surface area contributed by atoms with Crippen LogP contribution in [0.5, 0.6) is 0 Å². The van der Waals surface area contributed by atoms with Crippen molar-refractivity contribution in [3.05, 3.63) is 0 Å². The number of methoxy groups -OCH3 is 1. The van der Waals surface area contributed by atoms with Crippen molar-refractivity contribution in [2.24, 2.45) is 0 Å². The molecule has 0 saturated carbocycles. The average Bonchev–Trinajstić information content (AvgIpc) is 2.92. The number of aliphatic hydroxyl groups is 2. The molecular weight excluding hydrogens is 510 g/mol. The quantitative estimate of drug-likeness (QED) is 0.0500. The van der Waals surface area contributed by atoms with E-state index in [0.717, 1.165) is 0 Å². The molecule has 0 aromatic rings. The number of ether oxygens (including phenoxy) is 10. The second-order valence-electron chi connectivity index (χ2n) is 7.50. The van der Waals surface area contributed by atoms with Gasteiger partial charge in [-0.1, -0.05) is 0 Å². The van der Waals surface area contributed by atoms with Crippen LogP contribution < -0.4 is 5.48 Å². The van der Waals surface area contributed by atoms with Gasteiger partial charge in [0.1, 0.15) is 6.23 Å². The summed E-state index contributed by atoms with van der Waals surface area (Å²) < 4.78 is 53.4. The summed E-state index contributed by atoms with van der Waals surface area (Å²) in [4.78, 5) is 4.97. The number of aliphatic hydroxyl groups excluding tert-OH is 2. The van der Waals surface area contributed by atoms with Gasteiger partial charge in [-0.15, -0.1) is 0 Å². The van der Waals surface area contributed by atoms with Crippen molar-refractivity contribution in [2.45, 2.75) is 12.6 Å². The fourth-order valence-corrected chi connectivity index (χ4v) is 2.44. The molecule has 0 bridgehead atoms. The van der Waals surface area contributed by atoms with Crippen LogP contribution in [-0.4, -0.2) is 162 Å². The zero-order valence-corrected chi connectivity index (χ0v) is 23.0. The van der Waals surface area contributed by atoms with E-state index in [1.807, 2.05) is 0 Å². The van der Waals surface area contributed by atoms with Crippen LogP contribution in [0.3, 0.4) is 0 Å². The van der Waals surface area contributed by atoms with Crippen LogP contribution >= 0.6 is 0 Å². The van der Waals surface area contributed by atoms with E-state index in [4.69, 9.17) is 57.3 Å². The normalized spacial score (nSPS) is 12.4. The van der Waals surface area contributed by atoms with E-state index in [0.29, 0.717) is 126 Å². The summed E-state index contributed by atoms with van der Waals surface area (Å²) in [5.41, 5.74) is 2.39. The lowest BCUT2D eigenvalue weighted by molar-refractivity contribution is -0.0827. The van der Waals surface area contributed by atoms with Crippen molar-refractivity contribution >= 4 is 0 Å². The minimum atomic E-state index is -0.885. The molecule has 0 amide bonds. The van der Waals surface area contributed by atoms with Crippen LogP contribution in [0.2, 0.25) is 0 Å². The maximum atomic E-state index is 9.26. The number of hydroxylamine groups is 1. The van der Waals surface area contributed by atoms with Crippen molar-refractivity contribution in [1.29, 1.82) is 0 Å². The molecule has 0 rings (SSSR count). The van der Waals surface area contributed by atoms with E-state index in [9.17, 15) is 5.11 Å². The Morgan fingerprint density at radius 3 is 0.974 bits per heavy atom. The Kier molecular flexibility index (Phi) is 34.0. The molecule has 0 spiro atoms. The third-order valence-electron chi connectivity index (χ3n) is 4.36. The van der Waals surface area contributed by atoms with Crippen LogP contribution in [0.1, 0.15) is 6.42 Å². The zero-order chi connectivity index (χ0) is 27.6. The lowest BCUT2D eigenvalue weighted by atomic mass is 10.4. The first kappa shape index (κ1) is 37.4. The van der Waals surface area contributed by atoms with E-state index in [1.165, 1.54) is 0 Å². The van der Waals surface area contributed by atoms with Gasteiger partial charge in [-0.3, -0.25) is 4.84 Å². The summed E-state index contributed by atoms with van der Waals surface area (Å²) in [6.07, 6.45) is -0.679. The fourth-order valence-electron chi connectivity index (χ4n) is 2.44. The minimum absolute atomic E-state index is 0.113. The van der Waals surface area contributed by atoms with Crippen molar-refractivity contribution in [3.8, 4) is 0 Å². The third kappa shape index (κ3) is 33.5. The van der Waals surface area contributed by atoms with Gasteiger partial charge in [0.05, 0.1) is 132 Å². The highest BCUT2D eigenvalue weighted by molar-refractivity contribution is 4.43. The first-order valence-electron chi connectivity index (χ1n) is 13.2. The van der Waals surface area contributed by atoms with Gasteiger partial charge in [0.25, 0.3) is 0 Å². The van der Waals surface area contributed by atoms with Crippen LogP contribution in [-0.2, 0) is 52.2 Å². The topological polar surface area (TPSA) is 154 Å². The summed E-state index contributed by atoms with van der Waals surface area (Å²) in [5.74, 6) is 0. The molecule has 1 unspecified atom stereocenters. The Morgan fingerprint density at radius 1 is 0.447 bits per heavy atom. The summed E-state index contributed by atoms with van der Waals surface area (Å²) >= 11 is 0. The van der Waals surface area contributed by atoms with Crippen LogP contribution in [0, 0.1) is 0 Å². The number of nitrogens with one attached hydrogen (secondary N) is 1. The molecule has 0 aliphatic rings. The Balaban J connectivity index is 3.04. The maximum Gasteiger partial charge on any atom is 0.129 e. The Hall–Kier alpha value is -0.560. The van der Waals surface area contributed by atoms with Gasteiger partial charge in [-0.05, 0) is 0 Å². The van der Waals surface area contributed by atoms with Crippen LogP contribution in [0.4, 0.5) is 0 Å². The van der Waals surface area contributed by atoms with Gasteiger partial charge < -0.3 is 57.6 Å². The molecule has 0 aromatic heterocycles. The molecular formula is C24H51NO13. The Labute approximate surface area is 226 Å². The molecule has 1 atom stereocenters. The average molecular weight is 562 g/mol. The molecule has 38 heavy (non-hydrogen) atoms. The van der Waals surface area contributed by atoms with E-state index in [-0.39, 0.29) is 19.6 Å². The van der Waals surface area contributed by atoms with Crippen LogP contribution in [0.25, 0.3) is 0 Å². The van der Waals surface area contributed by atoms with Crippen molar-refractivity contribution in [3.63, 3.8) is 0 Å². The highest BCUT2D eigenvalue weighted by Crippen LogP contribution is 1.87.